The maximum Gasteiger partial charge on any atom is 0.133 e. The van der Waals surface area contributed by atoms with Gasteiger partial charge in [-0.3, -0.25) is 0 Å². The van der Waals surface area contributed by atoms with E-state index in [4.69, 9.17) is 9.47 Å². The first-order valence-corrected chi connectivity index (χ1v) is 6.50. The molecule has 3 heteroatoms. The molecule has 0 atom stereocenters. The van der Waals surface area contributed by atoms with Crippen molar-refractivity contribution in [3.05, 3.63) is 58.1 Å². The predicted octanol–water partition coefficient (Wildman–Crippen LogP) is 4.35. The van der Waals surface area contributed by atoms with Crippen molar-refractivity contribution >= 4 is 15.9 Å². The lowest BCUT2D eigenvalue weighted by atomic mass is 10.2. The van der Waals surface area contributed by atoms with Gasteiger partial charge in [-0.15, -0.1) is 0 Å². The Kier molecular flexibility index (Phi) is 4.26. The van der Waals surface area contributed by atoms with Crippen LogP contribution in [-0.4, -0.2) is 7.11 Å². The zero-order chi connectivity index (χ0) is 13.0. The molecular weight excluding hydrogens is 292 g/mol. The normalized spacial score (nSPS) is 10.2. The van der Waals surface area contributed by atoms with Crippen LogP contribution in [-0.2, 0) is 6.61 Å². The summed E-state index contributed by atoms with van der Waals surface area (Å²) < 4.78 is 11.9. The summed E-state index contributed by atoms with van der Waals surface area (Å²) in [6, 6.07) is 14.0. The quantitative estimate of drug-likeness (QED) is 0.836. The second kappa shape index (κ2) is 5.91. The van der Waals surface area contributed by atoms with Gasteiger partial charge in [-0.25, -0.2) is 0 Å². The highest BCUT2D eigenvalue weighted by atomic mass is 79.9. The summed E-state index contributed by atoms with van der Waals surface area (Å²) in [5.41, 5.74) is 2.28. The lowest BCUT2D eigenvalue weighted by molar-refractivity contribution is 0.305. The molecule has 2 rings (SSSR count). The zero-order valence-electron chi connectivity index (χ0n) is 10.4. The molecule has 18 heavy (non-hydrogen) atoms. The van der Waals surface area contributed by atoms with Crippen LogP contribution in [0.15, 0.2) is 46.9 Å². The minimum absolute atomic E-state index is 0.535. The Morgan fingerprint density at radius 2 is 1.94 bits per heavy atom. The van der Waals surface area contributed by atoms with Gasteiger partial charge in [0.1, 0.15) is 18.1 Å². The number of hydrogen-bond acceptors (Lipinski definition) is 2. The van der Waals surface area contributed by atoms with Gasteiger partial charge in [-0.2, -0.15) is 0 Å². The molecule has 0 unspecified atom stereocenters. The van der Waals surface area contributed by atoms with Crippen LogP contribution in [0.1, 0.15) is 11.1 Å². The maximum absolute atomic E-state index is 5.74. The number of hydrogen-bond donors (Lipinski definition) is 0. The summed E-state index contributed by atoms with van der Waals surface area (Å²) in [7, 11) is 1.66. The molecule has 0 radical (unpaired) electrons. The van der Waals surface area contributed by atoms with E-state index in [1.165, 1.54) is 5.56 Å². The van der Waals surface area contributed by atoms with E-state index in [0.717, 1.165) is 21.5 Å². The first-order valence-electron chi connectivity index (χ1n) is 5.71. The van der Waals surface area contributed by atoms with E-state index < -0.39 is 0 Å². The van der Waals surface area contributed by atoms with Crippen LogP contribution in [0.25, 0.3) is 0 Å². The van der Waals surface area contributed by atoms with Gasteiger partial charge in [-0.05, 0) is 58.2 Å². The van der Waals surface area contributed by atoms with E-state index >= 15 is 0 Å². The molecule has 0 aliphatic rings. The largest absolute Gasteiger partial charge is 0.496 e. The number of rotatable bonds is 4. The number of halogens is 1. The molecule has 0 spiro atoms. The van der Waals surface area contributed by atoms with Crippen LogP contribution in [0, 0.1) is 6.92 Å². The van der Waals surface area contributed by atoms with Crippen molar-refractivity contribution in [3.63, 3.8) is 0 Å². The third-order valence-electron chi connectivity index (χ3n) is 2.61. The van der Waals surface area contributed by atoms with Gasteiger partial charge >= 0.3 is 0 Å². The number of methoxy groups -OCH3 is 1. The lowest BCUT2D eigenvalue weighted by Gasteiger charge is -2.09. The first-order chi connectivity index (χ1) is 8.69. The van der Waals surface area contributed by atoms with Crippen molar-refractivity contribution in [2.75, 3.05) is 7.11 Å². The predicted molar refractivity (Wildman–Crippen MR) is 76.2 cm³/mol. The fourth-order valence-electron chi connectivity index (χ4n) is 1.67. The summed E-state index contributed by atoms with van der Waals surface area (Å²) in [5.74, 6) is 1.71. The van der Waals surface area contributed by atoms with Gasteiger partial charge in [0.2, 0.25) is 0 Å². The molecule has 0 aliphatic heterocycles. The van der Waals surface area contributed by atoms with E-state index in [-0.39, 0.29) is 0 Å². The molecule has 94 valence electrons. The Labute approximate surface area is 116 Å². The van der Waals surface area contributed by atoms with Crippen LogP contribution in [0.4, 0.5) is 0 Å². The summed E-state index contributed by atoms with van der Waals surface area (Å²) in [6.45, 7) is 2.59. The van der Waals surface area contributed by atoms with Crippen LogP contribution in [0.5, 0.6) is 11.5 Å². The average molecular weight is 307 g/mol. The van der Waals surface area contributed by atoms with Crippen molar-refractivity contribution in [2.24, 2.45) is 0 Å². The Morgan fingerprint density at radius 1 is 1.11 bits per heavy atom. The highest BCUT2D eigenvalue weighted by Crippen LogP contribution is 2.26. The summed E-state index contributed by atoms with van der Waals surface area (Å²) >= 11 is 3.43. The van der Waals surface area contributed by atoms with Crippen molar-refractivity contribution < 1.29 is 9.47 Å². The summed E-state index contributed by atoms with van der Waals surface area (Å²) in [6.07, 6.45) is 0. The molecule has 0 amide bonds. The highest BCUT2D eigenvalue weighted by Gasteiger charge is 2.02. The molecule has 0 saturated heterocycles. The molecule has 0 bridgehead atoms. The fourth-order valence-corrected chi connectivity index (χ4v) is 2.07. The Hall–Kier alpha value is -1.48. The van der Waals surface area contributed by atoms with E-state index in [1.54, 1.807) is 7.11 Å². The molecular formula is C15H15BrO2. The van der Waals surface area contributed by atoms with Crippen LogP contribution in [0.3, 0.4) is 0 Å². The zero-order valence-corrected chi connectivity index (χ0v) is 12.0. The SMILES string of the molecule is COc1cc(COc2cccc(C)c2)ccc1Br. The monoisotopic (exact) mass is 306 g/mol. The smallest absolute Gasteiger partial charge is 0.133 e. The van der Waals surface area contributed by atoms with E-state index in [1.807, 2.05) is 36.4 Å². The summed E-state index contributed by atoms with van der Waals surface area (Å²) in [5, 5.41) is 0. The lowest BCUT2D eigenvalue weighted by Crippen LogP contribution is -1.96. The van der Waals surface area contributed by atoms with Gasteiger partial charge < -0.3 is 9.47 Å². The standard InChI is InChI=1S/C15H15BrO2/c1-11-4-3-5-13(8-11)18-10-12-6-7-14(16)15(9-12)17-2/h3-9H,10H2,1-2H3. The number of benzene rings is 2. The van der Waals surface area contributed by atoms with Gasteiger partial charge in [0.25, 0.3) is 0 Å². The molecule has 0 aromatic heterocycles. The Bertz CT molecular complexity index is 538. The van der Waals surface area contributed by atoms with Crippen molar-refractivity contribution in [1.82, 2.24) is 0 Å². The topological polar surface area (TPSA) is 18.5 Å². The maximum atomic E-state index is 5.74. The molecule has 0 aliphatic carbocycles. The Balaban J connectivity index is 2.06. The van der Waals surface area contributed by atoms with E-state index in [0.29, 0.717) is 6.61 Å². The minimum Gasteiger partial charge on any atom is -0.496 e. The second-order valence-corrected chi connectivity index (χ2v) is 4.93. The van der Waals surface area contributed by atoms with Crippen LogP contribution in [0.2, 0.25) is 0 Å². The van der Waals surface area contributed by atoms with Gasteiger partial charge in [0.15, 0.2) is 0 Å². The third-order valence-corrected chi connectivity index (χ3v) is 3.27. The number of aryl methyl sites for hydroxylation is 1. The summed E-state index contributed by atoms with van der Waals surface area (Å²) in [4.78, 5) is 0. The molecule has 0 N–H and O–H groups in total. The van der Waals surface area contributed by atoms with Gasteiger partial charge in [0.05, 0.1) is 11.6 Å². The average Bonchev–Trinajstić information content (AvgIpc) is 2.38. The molecule has 0 heterocycles. The number of ether oxygens (including phenoxy) is 2. The molecule has 0 fully saturated rings. The molecule has 2 aromatic rings. The molecule has 0 saturated carbocycles. The third kappa shape index (κ3) is 3.26. The molecule has 2 nitrogen and oxygen atoms in total. The van der Waals surface area contributed by atoms with Crippen LogP contribution < -0.4 is 9.47 Å². The van der Waals surface area contributed by atoms with E-state index in [9.17, 15) is 0 Å². The van der Waals surface area contributed by atoms with Gasteiger partial charge in [0, 0.05) is 0 Å². The minimum atomic E-state index is 0.535. The van der Waals surface area contributed by atoms with Crippen molar-refractivity contribution in [2.45, 2.75) is 13.5 Å². The highest BCUT2D eigenvalue weighted by molar-refractivity contribution is 9.10. The Morgan fingerprint density at radius 3 is 2.67 bits per heavy atom. The van der Waals surface area contributed by atoms with Crippen LogP contribution >= 0.6 is 15.9 Å². The first kappa shape index (κ1) is 13.0. The van der Waals surface area contributed by atoms with Crippen molar-refractivity contribution in [1.29, 1.82) is 0 Å². The van der Waals surface area contributed by atoms with E-state index in [2.05, 4.69) is 28.9 Å². The fraction of sp³-hybridized carbons (Fsp3) is 0.200. The van der Waals surface area contributed by atoms with Crippen molar-refractivity contribution in [3.8, 4) is 11.5 Å². The molecule has 2 aromatic carbocycles. The van der Waals surface area contributed by atoms with Gasteiger partial charge in [-0.1, -0.05) is 18.2 Å². The second-order valence-electron chi connectivity index (χ2n) is 4.07.